The van der Waals surface area contributed by atoms with Crippen molar-refractivity contribution in [3.8, 4) is 5.75 Å². The number of aliphatic carboxylic acids is 1. The van der Waals surface area contributed by atoms with Crippen molar-refractivity contribution in [3.05, 3.63) is 29.8 Å². The van der Waals surface area contributed by atoms with Gasteiger partial charge in [-0.15, -0.1) is 0 Å². The van der Waals surface area contributed by atoms with Crippen LogP contribution in [0.3, 0.4) is 0 Å². The summed E-state index contributed by atoms with van der Waals surface area (Å²) in [7, 11) is 0. The molecular weight excluding hydrogens is 350 g/mol. The van der Waals surface area contributed by atoms with Crippen LogP contribution in [0.4, 0.5) is 4.79 Å². The minimum absolute atomic E-state index is 0.0999. The second-order valence-corrected chi connectivity index (χ2v) is 6.79. The largest absolute Gasteiger partial charge is 0.482 e. The van der Waals surface area contributed by atoms with E-state index < -0.39 is 12.6 Å². The van der Waals surface area contributed by atoms with Crippen molar-refractivity contribution in [1.29, 1.82) is 0 Å². The highest BCUT2D eigenvalue weighted by molar-refractivity contribution is 5.94. The summed E-state index contributed by atoms with van der Waals surface area (Å²) in [6, 6.07) is 6.86. The Hall–Kier alpha value is -2.77. The van der Waals surface area contributed by atoms with Gasteiger partial charge in [0.15, 0.2) is 6.61 Å². The van der Waals surface area contributed by atoms with E-state index >= 15 is 0 Å². The molecule has 2 saturated heterocycles. The first kappa shape index (κ1) is 19.0. The molecule has 0 radical (unpaired) electrons. The van der Waals surface area contributed by atoms with Crippen LogP contribution in [0.2, 0.25) is 0 Å². The van der Waals surface area contributed by atoms with E-state index in [1.807, 2.05) is 16.7 Å². The lowest BCUT2D eigenvalue weighted by molar-refractivity contribution is -0.139. The first-order chi connectivity index (χ1) is 13.0. The molecule has 0 spiro atoms. The maximum atomic E-state index is 12.7. The van der Waals surface area contributed by atoms with Crippen molar-refractivity contribution in [3.63, 3.8) is 0 Å². The number of piperidine rings is 1. The lowest BCUT2D eigenvalue weighted by Crippen LogP contribution is -2.48. The third-order valence-electron chi connectivity index (χ3n) is 5.14. The third kappa shape index (κ3) is 4.32. The molecule has 0 aromatic heterocycles. The highest BCUT2D eigenvalue weighted by Gasteiger charge is 2.35. The number of ether oxygens (including phenoxy) is 1. The summed E-state index contributed by atoms with van der Waals surface area (Å²) in [5.74, 6) is -0.801. The molecule has 2 aliphatic heterocycles. The van der Waals surface area contributed by atoms with Gasteiger partial charge in [-0.1, -0.05) is 6.07 Å². The molecule has 2 heterocycles. The summed E-state index contributed by atoms with van der Waals surface area (Å²) < 4.78 is 5.14. The van der Waals surface area contributed by atoms with E-state index in [1.165, 1.54) is 0 Å². The van der Waals surface area contributed by atoms with E-state index in [9.17, 15) is 14.4 Å². The van der Waals surface area contributed by atoms with Crippen molar-refractivity contribution in [2.75, 3.05) is 39.3 Å². The van der Waals surface area contributed by atoms with Gasteiger partial charge in [0.2, 0.25) is 0 Å². The minimum Gasteiger partial charge on any atom is -0.482 e. The van der Waals surface area contributed by atoms with E-state index in [2.05, 4.69) is 0 Å². The molecule has 27 heavy (non-hydrogen) atoms. The number of amides is 3. The number of rotatable bonds is 6. The fourth-order valence-electron chi connectivity index (χ4n) is 3.66. The van der Waals surface area contributed by atoms with Crippen LogP contribution in [-0.4, -0.2) is 83.1 Å². The van der Waals surface area contributed by atoms with Crippen LogP contribution >= 0.6 is 0 Å². The highest BCUT2D eigenvalue weighted by atomic mass is 16.5. The molecule has 3 amide bonds. The average Bonchev–Trinajstić information content (AvgIpc) is 3.06. The Balaban J connectivity index is 1.56. The Labute approximate surface area is 158 Å². The molecule has 3 rings (SSSR count). The molecule has 0 unspecified atom stereocenters. The molecule has 1 aromatic carbocycles. The first-order valence-electron chi connectivity index (χ1n) is 9.29. The number of nitrogens with zero attached hydrogens (tertiary/aromatic N) is 3. The first-order valence-corrected chi connectivity index (χ1v) is 9.29. The Bertz CT molecular complexity index is 715. The summed E-state index contributed by atoms with van der Waals surface area (Å²) in [5, 5.41) is 8.69. The number of likely N-dealkylation sites (tertiary alicyclic amines) is 1. The second-order valence-electron chi connectivity index (χ2n) is 6.79. The number of carbonyl (C=O) groups is 3. The normalized spacial score (nSPS) is 18.1. The van der Waals surface area contributed by atoms with Crippen molar-refractivity contribution in [2.45, 2.75) is 25.8 Å². The third-order valence-corrected chi connectivity index (χ3v) is 5.14. The van der Waals surface area contributed by atoms with E-state index in [4.69, 9.17) is 9.84 Å². The van der Waals surface area contributed by atoms with Gasteiger partial charge in [-0.05, 0) is 38.0 Å². The number of urea groups is 1. The molecule has 8 nitrogen and oxygen atoms in total. The second kappa shape index (κ2) is 8.28. The van der Waals surface area contributed by atoms with Gasteiger partial charge >= 0.3 is 12.0 Å². The average molecular weight is 375 g/mol. The minimum atomic E-state index is -1.06. The molecule has 0 atom stereocenters. The number of carbonyl (C=O) groups excluding carboxylic acids is 2. The van der Waals surface area contributed by atoms with Crippen molar-refractivity contribution < 1.29 is 24.2 Å². The Kier molecular flexibility index (Phi) is 5.83. The van der Waals surface area contributed by atoms with Crippen LogP contribution in [0, 0.1) is 0 Å². The SMILES string of the molecule is CCN1CCN(C2CCN(C(=O)c3cccc(OCC(=O)O)c3)CC2)C1=O. The lowest BCUT2D eigenvalue weighted by atomic mass is 10.0. The monoisotopic (exact) mass is 375 g/mol. The van der Waals surface area contributed by atoms with Crippen LogP contribution < -0.4 is 4.74 Å². The molecular formula is C19H25N3O5. The van der Waals surface area contributed by atoms with E-state index in [-0.39, 0.29) is 18.0 Å². The molecule has 1 aromatic rings. The quantitative estimate of drug-likeness (QED) is 0.814. The van der Waals surface area contributed by atoms with E-state index in [0.29, 0.717) is 24.4 Å². The number of hydrogen-bond acceptors (Lipinski definition) is 4. The molecule has 0 aliphatic carbocycles. The van der Waals surface area contributed by atoms with Crippen LogP contribution in [0.1, 0.15) is 30.1 Å². The van der Waals surface area contributed by atoms with Gasteiger partial charge in [0.1, 0.15) is 5.75 Å². The summed E-state index contributed by atoms with van der Waals surface area (Å²) in [6.45, 7) is 5.00. The summed E-state index contributed by atoms with van der Waals surface area (Å²) in [4.78, 5) is 41.3. The standard InChI is InChI=1S/C19H25N3O5/c1-2-20-10-11-22(19(20)26)15-6-8-21(9-7-15)18(25)14-4-3-5-16(12-14)27-13-17(23)24/h3-5,12,15H,2,6-11,13H2,1H3,(H,23,24). The van der Waals surface area contributed by atoms with Crippen molar-refractivity contribution >= 4 is 17.9 Å². The van der Waals surface area contributed by atoms with Crippen LogP contribution in [0.15, 0.2) is 24.3 Å². The summed E-state index contributed by atoms with van der Waals surface area (Å²) in [5.41, 5.74) is 0.478. The van der Waals surface area contributed by atoms with E-state index in [0.717, 1.165) is 32.5 Å². The zero-order valence-electron chi connectivity index (χ0n) is 15.5. The summed E-state index contributed by atoms with van der Waals surface area (Å²) >= 11 is 0. The van der Waals surface area contributed by atoms with Gasteiger partial charge in [0, 0.05) is 44.3 Å². The Morgan fingerprint density at radius 1 is 1.19 bits per heavy atom. The zero-order valence-corrected chi connectivity index (χ0v) is 15.5. The number of likely N-dealkylation sites (N-methyl/N-ethyl adjacent to an activating group) is 1. The molecule has 0 bridgehead atoms. The zero-order chi connectivity index (χ0) is 19.4. The van der Waals surface area contributed by atoms with Gasteiger partial charge in [0.05, 0.1) is 0 Å². The molecule has 8 heteroatoms. The van der Waals surface area contributed by atoms with Gasteiger partial charge in [-0.3, -0.25) is 4.79 Å². The van der Waals surface area contributed by atoms with Crippen molar-refractivity contribution in [2.24, 2.45) is 0 Å². The predicted octanol–water partition coefficient (Wildman–Crippen LogP) is 1.51. The van der Waals surface area contributed by atoms with E-state index in [1.54, 1.807) is 29.2 Å². The molecule has 146 valence electrons. The number of hydrogen-bond donors (Lipinski definition) is 1. The lowest BCUT2D eigenvalue weighted by Gasteiger charge is -2.36. The maximum Gasteiger partial charge on any atom is 0.341 e. The van der Waals surface area contributed by atoms with Crippen molar-refractivity contribution in [1.82, 2.24) is 14.7 Å². The number of carboxylic acid groups (broad SMARTS) is 1. The molecule has 2 aliphatic rings. The van der Waals surface area contributed by atoms with Gasteiger partial charge in [0.25, 0.3) is 5.91 Å². The number of carboxylic acids is 1. The fourth-order valence-corrected chi connectivity index (χ4v) is 3.66. The molecule has 0 saturated carbocycles. The van der Waals surface area contributed by atoms with Crippen LogP contribution in [0.25, 0.3) is 0 Å². The van der Waals surface area contributed by atoms with Gasteiger partial charge in [-0.2, -0.15) is 0 Å². The topological polar surface area (TPSA) is 90.4 Å². The Morgan fingerprint density at radius 3 is 2.56 bits per heavy atom. The summed E-state index contributed by atoms with van der Waals surface area (Å²) in [6.07, 6.45) is 1.54. The Morgan fingerprint density at radius 2 is 1.93 bits per heavy atom. The van der Waals surface area contributed by atoms with Crippen LogP contribution in [-0.2, 0) is 4.79 Å². The van der Waals surface area contributed by atoms with Gasteiger partial charge < -0.3 is 24.5 Å². The smallest absolute Gasteiger partial charge is 0.341 e. The molecule has 1 N–H and O–H groups in total. The maximum absolute atomic E-state index is 12.7. The predicted molar refractivity (Wildman–Crippen MR) is 97.8 cm³/mol. The highest BCUT2D eigenvalue weighted by Crippen LogP contribution is 2.23. The molecule has 2 fully saturated rings. The van der Waals surface area contributed by atoms with Crippen LogP contribution in [0.5, 0.6) is 5.75 Å². The van der Waals surface area contributed by atoms with Gasteiger partial charge in [-0.25, -0.2) is 9.59 Å². The fraction of sp³-hybridized carbons (Fsp3) is 0.526. The number of benzene rings is 1.